The molecule has 3 atom stereocenters. The number of fused-ring (bicyclic) bond motifs is 2. The highest BCUT2D eigenvalue weighted by atomic mass is 35.5. The summed E-state index contributed by atoms with van der Waals surface area (Å²) in [6, 6.07) is 9.83. The third kappa shape index (κ3) is 4.46. The van der Waals surface area contributed by atoms with E-state index in [2.05, 4.69) is 41.5 Å². The minimum atomic E-state index is 0.468. The van der Waals surface area contributed by atoms with Gasteiger partial charge in [-0.2, -0.15) is 0 Å². The number of nitrogens with zero attached hydrogens (tertiary/aromatic N) is 1. The number of halogens is 1. The summed E-state index contributed by atoms with van der Waals surface area (Å²) in [5.41, 5.74) is 1.36. The van der Waals surface area contributed by atoms with Crippen molar-refractivity contribution in [3.8, 4) is 0 Å². The number of hydrogen-bond donors (Lipinski definition) is 2. The zero-order valence-corrected chi connectivity index (χ0v) is 14.9. The van der Waals surface area contributed by atoms with E-state index in [1.165, 1.54) is 5.56 Å². The quantitative estimate of drug-likeness (QED) is 0.833. The molecule has 0 saturated carbocycles. The molecule has 5 heteroatoms. The highest BCUT2D eigenvalue weighted by Crippen LogP contribution is 2.24. The Hall–Kier alpha value is -0.650. The molecule has 23 heavy (non-hydrogen) atoms. The number of hydrogen-bond acceptors (Lipinski definition) is 4. The fourth-order valence-electron chi connectivity index (χ4n) is 3.55. The number of rotatable bonds is 6. The molecule has 2 aliphatic heterocycles. The second-order valence-electron chi connectivity index (χ2n) is 7.01. The van der Waals surface area contributed by atoms with Gasteiger partial charge in [-0.15, -0.1) is 0 Å². The highest BCUT2D eigenvalue weighted by molar-refractivity contribution is 6.30. The molecule has 0 radical (unpaired) electrons. The molecule has 2 unspecified atom stereocenters. The zero-order valence-electron chi connectivity index (χ0n) is 14.1. The summed E-state index contributed by atoms with van der Waals surface area (Å²) in [5.74, 6) is 0.468. The molecular formula is C18H28ClN3O. The van der Waals surface area contributed by atoms with Crippen molar-refractivity contribution in [3.63, 3.8) is 0 Å². The van der Waals surface area contributed by atoms with E-state index in [4.69, 9.17) is 16.3 Å². The monoisotopic (exact) mass is 337 g/mol. The molecule has 2 saturated heterocycles. The molecule has 4 nitrogen and oxygen atoms in total. The van der Waals surface area contributed by atoms with Crippen molar-refractivity contribution in [2.75, 3.05) is 39.4 Å². The van der Waals surface area contributed by atoms with Gasteiger partial charge < -0.3 is 15.4 Å². The summed E-state index contributed by atoms with van der Waals surface area (Å²) in [4.78, 5) is 2.65. The molecule has 2 fully saturated rings. The van der Waals surface area contributed by atoms with Gasteiger partial charge in [0.15, 0.2) is 0 Å². The maximum Gasteiger partial charge on any atom is 0.0635 e. The first-order valence-corrected chi connectivity index (χ1v) is 9.04. The van der Waals surface area contributed by atoms with E-state index in [0.717, 1.165) is 44.4 Å². The molecule has 128 valence electrons. The smallest absolute Gasteiger partial charge is 0.0635 e. The highest BCUT2D eigenvalue weighted by Gasteiger charge is 2.35. The molecule has 2 N–H and O–H groups in total. The molecule has 0 aliphatic carbocycles. The number of benzene rings is 1. The molecule has 2 heterocycles. The molecule has 0 aromatic heterocycles. The maximum atomic E-state index is 6.06. The van der Waals surface area contributed by atoms with Gasteiger partial charge in [-0.3, -0.25) is 4.90 Å². The molecule has 0 spiro atoms. The van der Waals surface area contributed by atoms with Gasteiger partial charge in [-0.1, -0.05) is 37.6 Å². The number of nitrogens with one attached hydrogen (secondary N) is 2. The summed E-state index contributed by atoms with van der Waals surface area (Å²) in [5, 5.41) is 7.94. The first-order valence-electron chi connectivity index (χ1n) is 8.66. The van der Waals surface area contributed by atoms with E-state index < -0.39 is 0 Å². The molecular weight excluding hydrogens is 310 g/mol. The van der Waals surface area contributed by atoms with Crippen LogP contribution in [0.4, 0.5) is 0 Å². The summed E-state index contributed by atoms with van der Waals surface area (Å²) in [6.45, 7) is 10.2. The predicted molar refractivity (Wildman–Crippen MR) is 95.3 cm³/mol. The Kier molecular flexibility index (Phi) is 5.94. The van der Waals surface area contributed by atoms with E-state index in [-0.39, 0.29) is 0 Å². The van der Waals surface area contributed by atoms with Gasteiger partial charge in [-0.05, 0) is 17.7 Å². The van der Waals surface area contributed by atoms with Gasteiger partial charge in [-0.25, -0.2) is 0 Å². The Morgan fingerprint density at radius 2 is 1.87 bits per heavy atom. The zero-order chi connectivity index (χ0) is 16.2. The van der Waals surface area contributed by atoms with Crippen LogP contribution in [0.3, 0.4) is 0 Å². The molecule has 3 rings (SSSR count). The average Bonchev–Trinajstić information content (AvgIpc) is 2.52. The van der Waals surface area contributed by atoms with Gasteiger partial charge in [0.25, 0.3) is 0 Å². The summed E-state index contributed by atoms with van der Waals surface area (Å²) in [7, 11) is 0. The van der Waals surface area contributed by atoms with Crippen molar-refractivity contribution < 1.29 is 4.74 Å². The van der Waals surface area contributed by atoms with E-state index in [1.807, 2.05) is 12.1 Å². The van der Waals surface area contributed by atoms with Crippen molar-refractivity contribution in [1.29, 1.82) is 0 Å². The molecule has 0 amide bonds. The van der Waals surface area contributed by atoms with Crippen LogP contribution in [0.15, 0.2) is 24.3 Å². The van der Waals surface area contributed by atoms with Crippen LogP contribution in [-0.2, 0) is 4.74 Å². The average molecular weight is 338 g/mol. The van der Waals surface area contributed by atoms with Crippen molar-refractivity contribution in [3.05, 3.63) is 34.9 Å². The van der Waals surface area contributed by atoms with Crippen LogP contribution in [0.25, 0.3) is 0 Å². The Bertz CT molecular complexity index is 472. The lowest BCUT2D eigenvalue weighted by molar-refractivity contribution is -0.0668. The lowest BCUT2D eigenvalue weighted by atomic mass is 9.95. The first kappa shape index (κ1) is 17.2. The second kappa shape index (κ2) is 7.95. The van der Waals surface area contributed by atoms with Crippen LogP contribution in [0.1, 0.15) is 25.3 Å². The summed E-state index contributed by atoms with van der Waals surface area (Å²) < 4.78 is 5.75. The van der Waals surface area contributed by atoms with E-state index in [1.54, 1.807) is 0 Å². The van der Waals surface area contributed by atoms with Crippen LogP contribution >= 0.6 is 11.6 Å². The Labute approximate surface area is 144 Å². The van der Waals surface area contributed by atoms with Crippen LogP contribution < -0.4 is 10.6 Å². The molecule has 2 aliphatic rings. The molecule has 1 aromatic carbocycles. The Balaban J connectivity index is 1.73. The van der Waals surface area contributed by atoms with Crippen LogP contribution in [-0.4, -0.2) is 62.4 Å². The topological polar surface area (TPSA) is 36.5 Å². The third-order valence-corrected chi connectivity index (χ3v) is 5.12. The van der Waals surface area contributed by atoms with Gasteiger partial charge in [0, 0.05) is 55.2 Å². The van der Waals surface area contributed by atoms with Crippen molar-refractivity contribution >= 4 is 11.6 Å². The lowest BCUT2D eigenvalue weighted by Gasteiger charge is -2.47. The summed E-state index contributed by atoms with van der Waals surface area (Å²) in [6.07, 6.45) is 0. The Morgan fingerprint density at radius 3 is 2.48 bits per heavy atom. The lowest BCUT2D eigenvalue weighted by Crippen LogP contribution is -2.64. The Morgan fingerprint density at radius 1 is 1.22 bits per heavy atom. The SMILES string of the molecule is CC(C)NC[C@@H](CN1C2CNCC1COC2)c1ccc(Cl)cc1. The second-order valence-corrected chi connectivity index (χ2v) is 7.45. The van der Waals surface area contributed by atoms with Crippen LogP contribution in [0, 0.1) is 0 Å². The largest absolute Gasteiger partial charge is 0.378 e. The first-order chi connectivity index (χ1) is 11.1. The van der Waals surface area contributed by atoms with Gasteiger partial charge in [0.05, 0.1) is 13.2 Å². The third-order valence-electron chi connectivity index (χ3n) is 4.86. The van der Waals surface area contributed by atoms with Crippen LogP contribution in [0.2, 0.25) is 5.02 Å². The molecule has 2 bridgehead atoms. The normalized spacial score (nSPS) is 26.4. The number of ether oxygens (including phenoxy) is 1. The fourth-order valence-corrected chi connectivity index (χ4v) is 3.68. The van der Waals surface area contributed by atoms with Gasteiger partial charge >= 0.3 is 0 Å². The summed E-state index contributed by atoms with van der Waals surface area (Å²) >= 11 is 6.06. The minimum absolute atomic E-state index is 0.468. The van der Waals surface area contributed by atoms with Crippen LogP contribution in [0.5, 0.6) is 0 Å². The standard InChI is InChI=1S/C18H28ClN3O/c1-13(2)21-7-15(14-3-5-16(19)6-4-14)10-22-17-8-20-9-18(22)12-23-11-17/h3-6,13,15,17-18,20-21H,7-12H2,1-2H3/t15-,17?,18?/m0/s1. The fraction of sp³-hybridized carbons (Fsp3) is 0.667. The van der Waals surface area contributed by atoms with Crippen molar-refractivity contribution in [1.82, 2.24) is 15.5 Å². The van der Waals surface area contributed by atoms with E-state index in [0.29, 0.717) is 24.0 Å². The van der Waals surface area contributed by atoms with Crippen molar-refractivity contribution in [2.24, 2.45) is 0 Å². The number of piperazine rings is 1. The van der Waals surface area contributed by atoms with Gasteiger partial charge in [0.2, 0.25) is 0 Å². The van der Waals surface area contributed by atoms with Gasteiger partial charge in [0.1, 0.15) is 0 Å². The minimum Gasteiger partial charge on any atom is -0.378 e. The maximum absolute atomic E-state index is 6.06. The number of morpholine rings is 1. The molecule has 1 aromatic rings. The predicted octanol–water partition coefficient (Wildman–Crippen LogP) is 2.09. The van der Waals surface area contributed by atoms with Crippen molar-refractivity contribution in [2.45, 2.75) is 37.9 Å². The van der Waals surface area contributed by atoms with E-state index >= 15 is 0 Å². The van der Waals surface area contributed by atoms with E-state index in [9.17, 15) is 0 Å².